The molecule has 6 nitrogen and oxygen atoms in total. The number of rotatable bonds is 5. The highest BCUT2D eigenvalue weighted by Gasteiger charge is 2.22. The fraction of sp³-hybridized carbons (Fsp3) is 0.208. The van der Waals surface area contributed by atoms with Gasteiger partial charge in [-0.05, 0) is 59.5 Å². The molecular formula is C24H20O6. The second-order valence-electron chi connectivity index (χ2n) is 7.22. The quantitative estimate of drug-likeness (QED) is 0.463. The number of carbonyl (C=O) groups excluding carboxylic acids is 1. The molecule has 0 saturated carbocycles. The molecule has 30 heavy (non-hydrogen) atoms. The summed E-state index contributed by atoms with van der Waals surface area (Å²) in [5.74, 6) is 3.29. The summed E-state index contributed by atoms with van der Waals surface area (Å²) in [6.07, 6.45) is 0.753. The van der Waals surface area contributed by atoms with Crippen LogP contribution in [0.15, 0.2) is 60.7 Å². The van der Waals surface area contributed by atoms with Crippen molar-refractivity contribution < 1.29 is 28.5 Å². The average molecular weight is 404 g/mol. The highest BCUT2D eigenvalue weighted by atomic mass is 16.7. The minimum atomic E-state index is -0.338. The van der Waals surface area contributed by atoms with Gasteiger partial charge in [0, 0.05) is 12.8 Å². The zero-order valence-electron chi connectivity index (χ0n) is 16.4. The predicted molar refractivity (Wildman–Crippen MR) is 108 cm³/mol. The maximum absolute atomic E-state index is 11.2. The molecule has 1 atom stereocenters. The monoisotopic (exact) mass is 404 g/mol. The lowest BCUT2D eigenvalue weighted by atomic mass is 9.85. The third-order valence-electron chi connectivity index (χ3n) is 5.22. The van der Waals surface area contributed by atoms with Crippen LogP contribution in [0.4, 0.5) is 0 Å². The Kier molecular flexibility index (Phi) is 4.67. The first-order chi connectivity index (χ1) is 14.7. The smallest absolute Gasteiger partial charge is 0.308 e. The first-order valence-electron chi connectivity index (χ1n) is 9.72. The van der Waals surface area contributed by atoms with E-state index in [0.29, 0.717) is 5.75 Å². The molecule has 3 aromatic carbocycles. The van der Waals surface area contributed by atoms with Crippen LogP contribution >= 0.6 is 0 Å². The van der Waals surface area contributed by atoms with E-state index in [1.165, 1.54) is 6.92 Å². The first-order valence-corrected chi connectivity index (χ1v) is 9.72. The fourth-order valence-corrected chi connectivity index (χ4v) is 3.80. The van der Waals surface area contributed by atoms with E-state index in [9.17, 15) is 4.79 Å². The van der Waals surface area contributed by atoms with Crippen LogP contribution in [0.3, 0.4) is 0 Å². The number of ether oxygens (including phenoxy) is 5. The summed E-state index contributed by atoms with van der Waals surface area (Å²) in [4.78, 5) is 11.2. The number of hydrogen-bond donors (Lipinski definition) is 0. The van der Waals surface area contributed by atoms with E-state index >= 15 is 0 Å². The van der Waals surface area contributed by atoms with Gasteiger partial charge in [0.1, 0.15) is 5.75 Å². The van der Waals surface area contributed by atoms with Crippen molar-refractivity contribution in [1.29, 1.82) is 0 Å². The van der Waals surface area contributed by atoms with Gasteiger partial charge in [-0.1, -0.05) is 24.3 Å². The fourth-order valence-electron chi connectivity index (χ4n) is 3.80. The highest BCUT2D eigenvalue weighted by molar-refractivity contribution is 5.69. The van der Waals surface area contributed by atoms with Crippen molar-refractivity contribution in [3.8, 4) is 28.7 Å². The number of fused-ring (bicyclic) bond motifs is 2. The van der Waals surface area contributed by atoms with Crippen molar-refractivity contribution >= 4 is 5.97 Å². The summed E-state index contributed by atoms with van der Waals surface area (Å²) in [5.41, 5.74) is 3.34. The van der Waals surface area contributed by atoms with E-state index in [0.717, 1.165) is 46.1 Å². The minimum Gasteiger partial charge on any atom is -0.454 e. The van der Waals surface area contributed by atoms with E-state index in [2.05, 4.69) is 12.1 Å². The van der Waals surface area contributed by atoms with Crippen LogP contribution in [0, 0.1) is 0 Å². The summed E-state index contributed by atoms with van der Waals surface area (Å²) in [7, 11) is 0. The van der Waals surface area contributed by atoms with Crippen molar-refractivity contribution in [3.05, 3.63) is 77.4 Å². The second-order valence-corrected chi connectivity index (χ2v) is 7.22. The summed E-state index contributed by atoms with van der Waals surface area (Å²) >= 11 is 0. The van der Waals surface area contributed by atoms with E-state index in [-0.39, 0.29) is 25.5 Å². The van der Waals surface area contributed by atoms with Gasteiger partial charge in [-0.15, -0.1) is 0 Å². The number of hydrogen-bond acceptors (Lipinski definition) is 6. The molecule has 0 aromatic heterocycles. The maximum atomic E-state index is 11.2. The molecule has 0 N–H and O–H groups in total. The molecule has 2 aliphatic heterocycles. The van der Waals surface area contributed by atoms with Crippen LogP contribution in [0.25, 0.3) is 0 Å². The van der Waals surface area contributed by atoms with Gasteiger partial charge in [-0.25, -0.2) is 0 Å². The van der Waals surface area contributed by atoms with E-state index in [4.69, 9.17) is 23.7 Å². The predicted octanol–water partition coefficient (Wildman–Crippen LogP) is 4.44. The lowest BCUT2D eigenvalue weighted by Gasteiger charge is -2.19. The van der Waals surface area contributed by atoms with Gasteiger partial charge < -0.3 is 23.7 Å². The molecule has 5 rings (SSSR count). The van der Waals surface area contributed by atoms with Crippen LogP contribution in [0.5, 0.6) is 28.7 Å². The molecule has 0 amide bonds. The van der Waals surface area contributed by atoms with E-state index in [1.807, 2.05) is 48.5 Å². The van der Waals surface area contributed by atoms with E-state index < -0.39 is 0 Å². The highest BCUT2D eigenvalue weighted by Crippen LogP contribution is 2.39. The molecule has 2 aliphatic rings. The van der Waals surface area contributed by atoms with Crippen LogP contribution in [0.2, 0.25) is 0 Å². The number of benzene rings is 3. The Balaban J connectivity index is 1.49. The Hall–Kier alpha value is -3.67. The van der Waals surface area contributed by atoms with Gasteiger partial charge in [0.05, 0.1) is 0 Å². The summed E-state index contributed by atoms with van der Waals surface area (Å²) in [5, 5.41) is 0. The van der Waals surface area contributed by atoms with Gasteiger partial charge >= 0.3 is 5.97 Å². The van der Waals surface area contributed by atoms with Crippen LogP contribution in [-0.4, -0.2) is 19.6 Å². The molecule has 6 heteroatoms. The maximum Gasteiger partial charge on any atom is 0.308 e. The molecule has 2 heterocycles. The molecule has 0 fully saturated rings. The molecule has 0 bridgehead atoms. The SMILES string of the molecule is CC(=O)Oc1ccc([C@H](Cc2ccc3c(c2)OCO3)c2ccc3c(c2)OCO3)cc1. The lowest BCUT2D eigenvalue weighted by molar-refractivity contribution is -0.131. The van der Waals surface area contributed by atoms with Crippen molar-refractivity contribution in [2.45, 2.75) is 19.3 Å². The van der Waals surface area contributed by atoms with Gasteiger partial charge in [0.25, 0.3) is 0 Å². The third-order valence-corrected chi connectivity index (χ3v) is 5.22. The Morgan fingerprint density at radius 2 is 1.40 bits per heavy atom. The van der Waals surface area contributed by atoms with Crippen LogP contribution in [0.1, 0.15) is 29.5 Å². The lowest BCUT2D eigenvalue weighted by Crippen LogP contribution is -2.06. The Morgan fingerprint density at radius 3 is 2.10 bits per heavy atom. The zero-order chi connectivity index (χ0) is 20.5. The average Bonchev–Trinajstić information content (AvgIpc) is 3.40. The topological polar surface area (TPSA) is 63.2 Å². The van der Waals surface area contributed by atoms with Crippen LogP contribution in [-0.2, 0) is 11.2 Å². The molecular weight excluding hydrogens is 384 g/mol. The second kappa shape index (κ2) is 7.63. The molecule has 152 valence electrons. The van der Waals surface area contributed by atoms with Gasteiger partial charge in [-0.2, -0.15) is 0 Å². The first kappa shape index (κ1) is 18.4. The van der Waals surface area contributed by atoms with Crippen molar-refractivity contribution in [2.24, 2.45) is 0 Å². The van der Waals surface area contributed by atoms with Gasteiger partial charge in [-0.3, -0.25) is 4.79 Å². The largest absolute Gasteiger partial charge is 0.454 e. The number of carbonyl (C=O) groups is 1. The summed E-state index contributed by atoms with van der Waals surface area (Å²) < 4.78 is 27.2. The third kappa shape index (κ3) is 3.64. The Bertz CT molecular complexity index is 1090. The molecule has 0 spiro atoms. The Labute approximate surface area is 173 Å². The normalized spacial score (nSPS) is 14.4. The number of esters is 1. The molecule has 0 unspecified atom stereocenters. The van der Waals surface area contributed by atoms with Crippen LogP contribution < -0.4 is 23.7 Å². The molecule has 0 aliphatic carbocycles. The van der Waals surface area contributed by atoms with Crippen molar-refractivity contribution in [1.82, 2.24) is 0 Å². The standard InChI is InChI=1S/C24H20O6/c1-15(25)30-19-6-3-17(4-7-19)20(18-5-9-22-24(12-18)29-14-27-22)10-16-2-8-21-23(11-16)28-13-26-21/h2-9,11-12,20H,10,13-14H2,1H3/t20-/m0/s1. The zero-order valence-corrected chi connectivity index (χ0v) is 16.4. The van der Waals surface area contributed by atoms with E-state index in [1.54, 1.807) is 0 Å². The van der Waals surface area contributed by atoms with Crippen molar-refractivity contribution in [3.63, 3.8) is 0 Å². The van der Waals surface area contributed by atoms with Gasteiger partial charge in [0.15, 0.2) is 23.0 Å². The Morgan fingerprint density at radius 1 is 0.800 bits per heavy atom. The molecule has 0 saturated heterocycles. The van der Waals surface area contributed by atoms with Gasteiger partial charge in [0.2, 0.25) is 13.6 Å². The molecule has 0 radical (unpaired) electrons. The molecule has 3 aromatic rings. The van der Waals surface area contributed by atoms with Crippen molar-refractivity contribution in [2.75, 3.05) is 13.6 Å². The summed E-state index contributed by atoms with van der Waals surface area (Å²) in [6.45, 7) is 1.88. The minimum absolute atomic E-state index is 0.0613. The summed E-state index contributed by atoms with van der Waals surface area (Å²) in [6, 6.07) is 19.7.